The van der Waals surface area contributed by atoms with Crippen LogP contribution in [-0.2, 0) is 14.3 Å². The molecule has 2 aliphatic rings. The van der Waals surface area contributed by atoms with Gasteiger partial charge in [-0.05, 0) is 87.1 Å². The number of carbonyl (C=O) groups is 4. The van der Waals surface area contributed by atoms with Gasteiger partial charge < -0.3 is 20.3 Å². The predicted octanol–water partition coefficient (Wildman–Crippen LogP) is 4.63. The van der Waals surface area contributed by atoms with E-state index in [1.807, 2.05) is 18.2 Å². The molecule has 0 saturated carbocycles. The normalized spacial score (nSPS) is 19.7. The van der Waals surface area contributed by atoms with Crippen LogP contribution in [0.15, 0.2) is 47.5 Å². The minimum Gasteiger partial charge on any atom is -0.468 e. The van der Waals surface area contributed by atoms with Gasteiger partial charge in [-0.1, -0.05) is 18.2 Å². The van der Waals surface area contributed by atoms with Crippen LogP contribution >= 0.6 is 0 Å². The molecule has 0 aliphatic carbocycles. The number of carbonyl (C=O) groups excluding carboxylic acids is 4. The molecule has 0 spiro atoms. The van der Waals surface area contributed by atoms with Crippen molar-refractivity contribution in [2.75, 3.05) is 38.6 Å². The van der Waals surface area contributed by atoms with Crippen LogP contribution in [0.1, 0.15) is 56.2 Å². The Morgan fingerprint density at radius 3 is 2.45 bits per heavy atom. The molecule has 4 rings (SSSR count). The van der Waals surface area contributed by atoms with E-state index in [1.165, 1.54) is 25.5 Å². The Kier molecular flexibility index (Phi) is 10.00. The molecule has 12 heteroatoms. The molecule has 0 bridgehead atoms. The van der Waals surface area contributed by atoms with E-state index in [-0.39, 0.29) is 23.7 Å². The third-order valence-corrected chi connectivity index (χ3v) is 7.67. The molecule has 2 aromatic carbocycles. The number of aliphatic imine (C=N–C) groups is 1. The first-order valence-electron chi connectivity index (χ1n) is 13.9. The Morgan fingerprint density at radius 1 is 1.05 bits per heavy atom. The Hall–Kier alpha value is -4.19. The Morgan fingerprint density at radius 2 is 1.79 bits per heavy atom. The first-order chi connectivity index (χ1) is 20.1. The number of rotatable bonds is 8. The molecule has 1 unspecified atom stereocenters. The van der Waals surface area contributed by atoms with E-state index in [9.17, 15) is 28.0 Å². The zero-order chi connectivity index (χ0) is 30.4. The second kappa shape index (κ2) is 13.6. The van der Waals surface area contributed by atoms with Gasteiger partial charge in [0.15, 0.2) is 11.6 Å². The number of nitrogens with zero attached hydrogens (tertiary/aromatic N) is 3. The van der Waals surface area contributed by atoms with Crippen LogP contribution in [0.5, 0.6) is 0 Å². The van der Waals surface area contributed by atoms with Crippen LogP contribution in [-0.4, -0.2) is 72.7 Å². The highest BCUT2D eigenvalue weighted by molar-refractivity contribution is 6.11. The summed E-state index contributed by atoms with van der Waals surface area (Å²) in [6.07, 6.45) is 2.52. The molecular formula is C30H35F2N5O5. The first kappa shape index (κ1) is 30.8. The zero-order valence-electron chi connectivity index (χ0n) is 23.9. The molecule has 1 saturated heterocycles. The minimum atomic E-state index is -1.26. The van der Waals surface area contributed by atoms with Gasteiger partial charge in [-0.2, -0.15) is 0 Å². The molecule has 2 N–H and O–H groups in total. The average Bonchev–Trinajstić information content (AvgIpc) is 2.96. The third kappa shape index (κ3) is 7.17. The number of methoxy groups -OCH3 is 1. The lowest BCUT2D eigenvalue weighted by Gasteiger charge is -2.37. The maximum atomic E-state index is 14.1. The summed E-state index contributed by atoms with van der Waals surface area (Å²) in [5, 5.41) is 5.54. The summed E-state index contributed by atoms with van der Waals surface area (Å²) in [5.74, 6) is -3.93. The van der Waals surface area contributed by atoms with Gasteiger partial charge in [0.25, 0.3) is 0 Å². The SMILES string of the molecule is COC(=O)C1C(C)=NC(=O)N(C(=O)NCCCN2CCC(c3cccc(NC(C)=O)c3)CC2)[C@H]1c1ccc(F)c(F)c1. The lowest BCUT2D eigenvalue weighted by Crippen LogP contribution is -2.53. The van der Waals surface area contributed by atoms with E-state index in [0.29, 0.717) is 12.3 Å². The van der Waals surface area contributed by atoms with Crippen molar-refractivity contribution in [3.8, 4) is 0 Å². The average molecular weight is 584 g/mol. The molecular weight excluding hydrogens is 548 g/mol. The summed E-state index contributed by atoms with van der Waals surface area (Å²) in [4.78, 5) is 57.0. The third-order valence-electron chi connectivity index (χ3n) is 7.67. The predicted molar refractivity (Wildman–Crippen MR) is 152 cm³/mol. The van der Waals surface area contributed by atoms with Crippen LogP contribution in [0.2, 0.25) is 0 Å². The van der Waals surface area contributed by atoms with Crippen LogP contribution in [0, 0.1) is 17.6 Å². The highest BCUT2D eigenvalue weighted by atomic mass is 19.2. The van der Waals surface area contributed by atoms with Crippen molar-refractivity contribution >= 4 is 35.3 Å². The van der Waals surface area contributed by atoms with Crippen LogP contribution < -0.4 is 10.6 Å². The van der Waals surface area contributed by atoms with Crippen LogP contribution in [0.25, 0.3) is 0 Å². The number of hydrogen-bond donors (Lipinski definition) is 2. The number of esters is 1. The zero-order valence-corrected chi connectivity index (χ0v) is 23.9. The van der Waals surface area contributed by atoms with Crippen LogP contribution in [0.4, 0.5) is 24.1 Å². The van der Waals surface area contributed by atoms with Crippen molar-refractivity contribution in [3.63, 3.8) is 0 Å². The van der Waals surface area contributed by atoms with Crippen molar-refractivity contribution in [2.45, 2.75) is 45.1 Å². The molecule has 0 aromatic heterocycles. The molecule has 2 aromatic rings. The highest BCUT2D eigenvalue weighted by Gasteiger charge is 2.46. The fourth-order valence-electron chi connectivity index (χ4n) is 5.59. The van der Waals surface area contributed by atoms with Gasteiger partial charge in [-0.15, -0.1) is 0 Å². The number of piperidine rings is 1. The lowest BCUT2D eigenvalue weighted by molar-refractivity contribution is -0.144. The molecule has 42 heavy (non-hydrogen) atoms. The van der Waals surface area contributed by atoms with Gasteiger partial charge in [0.05, 0.1) is 13.2 Å². The topological polar surface area (TPSA) is 120 Å². The number of amides is 5. The number of halogens is 2. The minimum absolute atomic E-state index is 0.0625. The number of likely N-dealkylation sites (tertiary alicyclic amines) is 1. The molecule has 10 nitrogen and oxygen atoms in total. The van der Waals surface area contributed by atoms with Gasteiger partial charge in [0.1, 0.15) is 5.92 Å². The number of urea groups is 2. The highest BCUT2D eigenvalue weighted by Crippen LogP contribution is 2.36. The molecule has 224 valence electrons. The molecule has 2 atom stereocenters. The summed E-state index contributed by atoms with van der Waals surface area (Å²) in [6, 6.07) is 7.91. The first-order valence-corrected chi connectivity index (χ1v) is 13.9. The van der Waals surface area contributed by atoms with Crippen molar-refractivity contribution in [1.82, 2.24) is 15.1 Å². The smallest absolute Gasteiger partial charge is 0.352 e. The quantitative estimate of drug-likeness (QED) is 0.346. The molecule has 0 radical (unpaired) electrons. The Balaban J connectivity index is 1.34. The number of hydrogen-bond acceptors (Lipinski definition) is 6. The number of imide groups is 1. The van der Waals surface area contributed by atoms with E-state index in [4.69, 9.17) is 4.74 Å². The number of nitrogens with one attached hydrogen (secondary N) is 2. The van der Waals surface area contributed by atoms with E-state index in [2.05, 4.69) is 26.6 Å². The van der Waals surface area contributed by atoms with Crippen molar-refractivity contribution in [1.29, 1.82) is 0 Å². The van der Waals surface area contributed by atoms with E-state index < -0.39 is 41.6 Å². The molecule has 5 amide bonds. The Bertz CT molecular complexity index is 1380. The Labute approximate surface area is 243 Å². The van der Waals surface area contributed by atoms with Crippen molar-refractivity contribution in [2.24, 2.45) is 10.9 Å². The fourth-order valence-corrected chi connectivity index (χ4v) is 5.59. The van der Waals surface area contributed by atoms with E-state index in [0.717, 1.165) is 62.3 Å². The maximum Gasteiger partial charge on any atom is 0.352 e. The summed E-state index contributed by atoms with van der Waals surface area (Å²) >= 11 is 0. The monoisotopic (exact) mass is 583 g/mol. The number of anilines is 1. The van der Waals surface area contributed by atoms with Gasteiger partial charge in [0.2, 0.25) is 5.91 Å². The van der Waals surface area contributed by atoms with E-state index in [1.54, 1.807) is 0 Å². The summed E-state index contributed by atoms with van der Waals surface area (Å²) < 4.78 is 32.7. The fraction of sp³-hybridized carbons (Fsp3) is 0.433. The van der Waals surface area contributed by atoms with Crippen molar-refractivity contribution in [3.05, 3.63) is 65.2 Å². The molecule has 2 aliphatic heterocycles. The van der Waals surface area contributed by atoms with Gasteiger partial charge in [0, 0.05) is 24.9 Å². The second-order valence-corrected chi connectivity index (χ2v) is 10.5. The van der Waals surface area contributed by atoms with Gasteiger partial charge >= 0.3 is 18.0 Å². The molecule has 1 fully saturated rings. The van der Waals surface area contributed by atoms with Crippen LogP contribution in [0.3, 0.4) is 0 Å². The van der Waals surface area contributed by atoms with E-state index >= 15 is 0 Å². The lowest BCUT2D eigenvalue weighted by atomic mass is 9.87. The molecule has 2 heterocycles. The summed E-state index contributed by atoms with van der Waals surface area (Å²) in [5.41, 5.74) is 2.15. The number of ether oxygens (including phenoxy) is 1. The number of benzene rings is 2. The van der Waals surface area contributed by atoms with Crippen molar-refractivity contribution < 1.29 is 32.7 Å². The summed E-state index contributed by atoms with van der Waals surface area (Å²) in [6.45, 7) is 5.65. The standard InChI is InChI=1S/C30H35F2N5O5/c1-18-26(28(39)42-3)27(22-8-9-24(31)25(32)17-22)37(30(41)34-18)29(40)33-12-5-13-36-14-10-20(11-15-36)21-6-4-7-23(16-21)35-19(2)38/h4,6-9,16-17,20,26-27H,5,10-15H2,1-3H3,(H,33,40)(H,35,38)/t26?,27-/m0/s1. The van der Waals surface area contributed by atoms with Gasteiger partial charge in [-0.25, -0.2) is 28.3 Å². The summed E-state index contributed by atoms with van der Waals surface area (Å²) in [7, 11) is 1.16. The van der Waals surface area contributed by atoms with Gasteiger partial charge in [-0.3, -0.25) is 9.59 Å². The maximum absolute atomic E-state index is 14.1. The largest absolute Gasteiger partial charge is 0.468 e. The second-order valence-electron chi connectivity index (χ2n) is 10.5.